The van der Waals surface area contributed by atoms with Crippen molar-refractivity contribution in [2.45, 2.75) is 0 Å². The number of hydrogen-bond donors (Lipinski definition) is 0. The molecule has 0 aliphatic rings. The maximum atomic E-state index is 2.45. The van der Waals surface area contributed by atoms with Gasteiger partial charge in [-0.2, -0.15) is 0 Å². The highest BCUT2D eigenvalue weighted by Gasteiger charge is 2.23. The molecule has 0 atom stereocenters. The summed E-state index contributed by atoms with van der Waals surface area (Å²) in [5, 5.41) is 4.98. The Labute approximate surface area is 350 Å². The molecule has 0 amide bonds. The van der Waals surface area contributed by atoms with Gasteiger partial charge in [0.1, 0.15) is 0 Å². The van der Waals surface area contributed by atoms with Crippen LogP contribution in [0.15, 0.2) is 243 Å². The van der Waals surface area contributed by atoms with E-state index in [4.69, 9.17) is 0 Å². The molecule has 1 aromatic heterocycles. The molecule has 0 spiro atoms. The van der Waals surface area contributed by atoms with Crippen LogP contribution in [-0.2, 0) is 0 Å². The smallest absolute Gasteiger partial charge is 0.0547 e. The predicted molar refractivity (Wildman–Crippen MR) is 255 cm³/mol. The summed E-state index contributed by atoms with van der Waals surface area (Å²) in [5.41, 5.74) is 16.3. The SMILES string of the molecule is c1ccc(-c2ccccc2N(c2ccc(-c3cccc(-c4cccc5ccccc45)c3)cc2)c2ccccc2-c2cccc3c2c2ccccc2n3-c2ccccc2)cc1. The fraction of sp³-hybridized carbons (Fsp3) is 0. The van der Waals surface area contributed by atoms with Crippen LogP contribution in [0.5, 0.6) is 0 Å². The highest BCUT2D eigenvalue weighted by Crippen LogP contribution is 2.47. The predicted octanol–water partition coefficient (Wildman–Crippen LogP) is 16.1. The first-order chi connectivity index (χ1) is 29.8. The van der Waals surface area contributed by atoms with Crippen molar-refractivity contribution in [1.82, 2.24) is 4.57 Å². The Bertz CT molecular complexity index is 3300. The molecular weight excluding hydrogens is 725 g/mol. The summed E-state index contributed by atoms with van der Waals surface area (Å²) in [4.78, 5) is 2.45. The highest BCUT2D eigenvalue weighted by molar-refractivity contribution is 6.17. The van der Waals surface area contributed by atoms with Crippen LogP contribution >= 0.6 is 0 Å². The molecule has 0 bridgehead atoms. The third kappa shape index (κ3) is 6.14. The van der Waals surface area contributed by atoms with Gasteiger partial charge in [-0.1, -0.05) is 188 Å². The Morgan fingerprint density at radius 2 is 0.833 bits per heavy atom. The van der Waals surface area contributed by atoms with E-state index >= 15 is 0 Å². The lowest BCUT2D eigenvalue weighted by molar-refractivity contribution is 1.18. The van der Waals surface area contributed by atoms with Crippen molar-refractivity contribution < 1.29 is 0 Å². The molecule has 0 saturated carbocycles. The monoisotopic (exact) mass is 764 g/mol. The lowest BCUT2D eigenvalue weighted by atomic mass is 9.94. The van der Waals surface area contributed by atoms with Gasteiger partial charge in [0.25, 0.3) is 0 Å². The molecule has 10 aromatic carbocycles. The van der Waals surface area contributed by atoms with E-state index < -0.39 is 0 Å². The van der Waals surface area contributed by atoms with Crippen LogP contribution in [0.3, 0.4) is 0 Å². The van der Waals surface area contributed by atoms with Crippen molar-refractivity contribution in [3.63, 3.8) is 0 Å². The lowest BCUT2D eigenvalue weighted by Crippen LogP contribution is -2.12. The minimum Gasteiger partial charge on any atom is -0.309 e. The number of rotatable bonds is 8. The van der Waals surface area contributed by atoms with Crippen LogP contribution < -0.4 is 4.90 Å². The van der Waals surface area contributed by atoms with Crippen molar-refractivity contribution in [2.75, 3.05) is 4.90 Å². The number of benzene rings is 10. The Morgan fingerprint density at radius 3 is 1.65 bits per heavy atom. The molecule has 0 aliphatic carbocycles. The van der Waals surface area contributed by atoms with E-state index in [-0.39, 0.29) is 0 Å². The minimum absolute atomic E-state index is 1.08. The number of nitrogens with zero attached hydrogens (tertiary/aromatic N) is 2. The molecule has 0 fully saturated rings. The third-order valence-electron chi connectivity index (χ3n) is 11.8. The number of fused-ring (bicyclic) bond motifs is 4. The summed E-state index contributed by atoms with van der Waals surface area (Å²) in [6, 6.07) is 87.9. The van der Waals surface area contributed by atoms with Crippen LogP contribution in [0, 0.1) is 0 Å². The maximum absolute atomic E-state index is 2.45. The molecule has 2 nitrogen and oxygen atoms in total. The van der Waals surface area contributed by atoms with Crippen LogP contribution in [0.4, 0.5) is 17.1 Å². The Kier molecular flexibility index (Phi) is 8.87. The van der Waals surface area contributed by atoms with Gasteiger partial charge in [0, 0.05) is 33.3 Å². The molecule has 11 aromatic rings. The van der Waals surface area contributed by atoms with E-state index in [0.29, 0.717) is 0 Å². The molecule has 0 aliphatic heterocycles. The number of aromatic nitrogens is 1. The van der Waals surface area contributed by atoms with Crippen LogP contribution in [0.25, 0.3) is 82.8 Å². The summed E-state index contributed by atoms with van der Waals surface area (Å²) >= 11 is 0. The molecule has 0 saturated heterocycles. The first-order valence-electron chi connectivity index (χ1n) is 20.6. The maximum Gasteiger partial charge on any atom is 0.0547 e. The van der Waals surface area contributed by atoms with Gasteiger partial charge in [-0.3, -0.25) is 0 Å². The average molecular weight is 765 g/mol. The van der Waals surface area contributed by atoms with Gasteiger partial charge in [0.15, 0.2) is 0 Å². The summed E-state index contributed by atoms with van der Waals surface area (Å²) in [6.07, 6.45) is 0. The van der Waals surface area contributed by atoms with Gasteiger partial charge in [-0.25, -0.2) is 0 Å². The van der Waals surface area contributed by atoms with Gasteiger partial charge in [0.2, 0.25) is 0 Å². The van der Waals surface area contributed by atoms with Gasteiger partial charge in [-0.15, -0.1) is 0 Å². The summed E-state index contributed by atoms with van der Waals surface area (Å²) in [5.74, 6) is 0. The second kappa shape index (κ2) is 15.1. The average Bonchev–Trinajstić information content (AvgIpc) is 3.67. The second-order valence-electron chi connectivity index (χ2n) is 15.3. The quantitative estimate of drug-likeness (QED) is 0.150. The van der Waals surface area contributed by atoms with Gasteiger partial charge < -0.3 is 9.47 Å². The van der Waals surface area contributed by atoms with Crippen molar-refractivity contribution in [3.05, 3.63) is 243 Å². The molecule has 1 heterocycles. The van der Waals surface area contributed by atoms with E-state index in [9.17, 15) is 0 Å². The summed E-state index contributed by atoms with van der Waals surface area (Å²) in [7, 11) is 0. The van der Waals surface area contributed by atoms with E-state index in [1.807, 2.05) is 0 Å². The molecule has 0 N–H and O–H groups in total. The molecule has 11 rings (SSSR count). The van der Waals surface area contributed by atoms with E-state index in [0.717, 1.165) is 28.3 Å². The van der Waals surface area contributed by atoms with Crippen LogP contribution in [-0.4, -0.2) is 4.57 Å². The Morgan fingerprint density at radius 1 is 0.300 bits per heavy atom. The van der Waals surface area contributed by atoms with Crippen molar-refractivity contribution in [3.8, 4) is 50.2 Å². The third-order valence-corrected chi connectivity index (χ3v) is 11.8. The van der Waals surface area contributed by atoms with Gasteiger partial charge in [-0.05, 0) is 98.8 Å². The van der Waals surface area contributed by atoms with Crippen molar-refractivity contribution in [2.24, 2.45) is 0 Å². The zero-order valence-corrected chi connectivity index (χ0v) is 33.0. The molecular formula is C58H40N2. The number of hydrogen-bond acceptors (Lipinski definition) is 1. The van der Waals surface area contributed by atoms with Crippen LogP contribution in [0.2, 0.25) is 0 Å². The first kappa shape index (κ1) is 35.2. The first-order valence-corrected chi connectivity index (χ1v) is 20.6. The second-order valence-corrected chi connectivity index (χ2v) is 15.3. The molecule has 0 unspecified atom stereocenters. The number of anilines is 3. The topological polar surface area (TPSA) is 8.17 Å². The molecule has 2 heteroatoms. The van der Waals surface area contributed by atoms with E-state index in [1.165, 1.54) is 71.5 Å². The van der Waals surface area contributed by atoms with Crippen molar-refractivity contribution >= 4 is 49.6 Å². The summed E-state index contributed by atoms with van der Waals surface area (Å²) < 4.78 is 2.40. The Hall–Kier alpha value is -7.94. The van der Waals surface area contributed by atoms with E-state index in [1.54, 1.807) is 0 Å². The molecule has 282 valence electrons. The van der Waals surface area contributed by atoms with Gasteiger partial charge >= 0.3 is 0 Å². The highest BCUT2D eigenvalue weighted by atomic mass is 15.1. The molecule has 0 radical (unpaired) electrons. The van der Waals surface area contributed by atoms with E-state index in [2.05, 4.69) is 252 Å². The zero-order valence-electron chi connectivity index (χ0n) is 33.0. The fourth-order valence-electron chi connectivity index (χ4n) is 9.08. The summed E-state index contributed by atoms with van der Waals surface area (Å²) in [6.45, 7) is 0. The zero-order chi connectivity index (χ0) is 39.8. The molecule has 60 heavy (non-hydrogen) atoms. The Balaban J connectivity index is 1.09. The minimum atomic E-state index is 1.08. The standard InChI is InChI=1S/C58H40N2/c1-3-18-43(19-4-1)50-27-9-12-32-54(50)59(47-38-36-41(37-39-47)44-22-15-23-45(40-44)49-30-16-21-42-20-7-8-26-48(42)49)55-33-13-10-28-51(55)52-31-17-35-57-58(52)53-29-11-14-34-56(53)60(57)46-24-5-2-6-25-46/h1-40H. The van der Waals surface area contributed by atoms with Crippen LogP contribution in [0.1, 0.15) is 0 Å². The van der Waals surface area contributed by atoms with Gasteiger partial charge in [0.05, 0.1) is 22.4 Å². The largest absolute Gasteiger partial charge is 0.309 e. The normalized spacial score (nSPS) is 11.3. The fourth-order valence-corrected chi connectivity index (χ4v) is 9.08. The lowest BCUT2D eigenvalue weighted by Gasteiger charge is -2.30. The van der Waals surface area contributed by atoms with Crippen molar-refractivity contribution in [1.29, 1.82) is 0 Å². The number of para-hydroxylation sites is 4.